The molecule has 0 aromatic carbocycles. The number of hydrogen-bond donors (Lipinski definition) is 1. The van der Waals surface area contributed by atoms with Gasteiger partial charge in [0.2, 0.25) is 5.91 Å². The molecule has 0 spiro atoms. The van der Waals surface area contributed by atoms with Crippen LogP contribution in [0.15, 0.2) is 24.8 Å². The Hall–Kier alpha value is -3.67. The number of rotatable bonds is 5. The highest BCUT2D eigenvalue weighted by Crippen LogP contribution is 2.37. The van der Waals surface area contributed by atoms with Crippen molar-refractivity contribution in [3.63, 3.8) is 0 Å². The van der Waals surface area contributed by atoms with E-state index in [4.69, 9.17) is 5.73 Å². The summed E-state index contributed by atoms with van der Waals surface area (Å²) in [6, 6.07) is 0.371. The lowest BCUT2D eigenvalue weighted by Gasteiger charge is -2.35. The molecule has 0 saturated carbocycles. The van der Waals surface area contributed by atoms with Crippen LogP contribution in [0.4, 0.5) is 14.5 Å². The van der Waals surface area contributed by atoms with Gasteiger partial charge in [-0.25, -0.2) is 18.3 Å². The molecule has 10 nitrogen and oxygen atoms in total. The first-order valence-electron chi connectivity index (χ1n) is 11.9. The Morgan fingerprint density at radius 3 is 2.50 bits per heavy atom. The van der Waals surface area contributed by atoms with E-state index in [2.05, 4.69) is 20.0 Å². The first-order valence-corrected chi connectivity index (χ1v) is 11.9. The predicted molar refractivity (Wildman–Crippen MR) is 128 cm³/mol. The van der Waals surface area contributed by atoms with E-state index in [9.17, 15) is 14.0 Å². The van der Waals surface area contributed by atoms with Crippen LogP contribution in [0, 0.1) is 17.6 Å². The number of aromatic nitrogens is 4. The Balaban J connectivity index is 1.41. The van der Waals surface area contributed by atoms with Crippen LogP contribution in [0.25, 0.3) is 16.9 Å². The Labute approximate surface area is 206 Å². The monoisotopic (exact) mass is 498 g/mol. The molecule has 0 aliphatic carbocycles. The molecule has 1 atom stereocenters. The van der Waals surface area contributed by atoms with Gasteiger partial charge in [-0.1, -0.05) is 0 Å². The van der Waals surface area contributed by atoms with Crippen molar-refractivity contribution in [3.05, 3.63) is 42.0 Å². The standard InChI is InChI=1S/C24H28F2N8O2/c1-31(2)16-5-8-33(13-16)24(36)14-3-6-32(7-4-14)21-17(10-28-11-18(21)26)20-19(22(27)35)23-29-9-15(25)12-34(23)30-20/h9-12,14,16H,3-8,13H2,1-2H3,(H2,27,35). The first kappa shape index (κ1) is 24.0. The third kappa shape index (κ3) is 4.25. The Morgan fingerprint density at radius 1 is 1.08 bits per heavy atom. The summed E-state index contributed by atoms with van der Waals surface area (Å²) >= 11 is 0. The molecule has 2 aliphatic heterocycles. The zero-order valence-corrected chi connectivity index (χ0v) is 20.2. The van der Waals surface area contributed by atoms with E-state index >= 15 is 4.39 Å². The van der Waals surface area contributed by atoms with Crippen molar-refractivity contribution in [2.24, 2.45) is 11.7 Å². The third-order valence-corrected chi connectivity index (χ3v) is 7.18. The number of nitrogens with zero attached hydrogens (tertiary/aromatic N) is 7. The summed E-state index contributed by atoms with van der Waals surface area (Å²) in [5.74, 6) is -2.03. The molecule has 0 radical (unpaired) electrons. The fraction of sp³-hybridized carbons (Fsp3) is 0.458. The smallest absolute Gasteiger partial charge is 0.254 e. The number of primary amides is 1. The summed E-state index contributed by atoms with van der Waals surface area (Å²) in [6.45, 7) is 2.37. The molecule has 3 aromatic heterocycles. The molecule has 190 valence electrons. The Bertz CT molecular complexity index is 1320. The van der Waals surface area contributed by atoms with Gasteiger partial charge in [0, 0.05) is 49.9 Å². The van der Waals surface area contributed by atoms with E-state index in [0.717, 1.165) is 42.6 Å². The van der Waals surface area contributed by atoms with Crippen molar-refractivity contribution < 1.29 is 18.4 Å². The van der Waals surface area contributed by atoms with Crippen LogP contribution in [0.1, 0.15) is 29.6 Å². The fourth-order valence-electron chi connectivity index (χ4n) is 5.22. The maximum absolute atomic E-state index is 15.2. The number of anilines is 1. The average Bonchev–Trinajstić information content (AvgIpc) is 3.49. The molecular formula is C24H28F2N8O2. The number of carbonyl (C=O) groups is 2. The van der Waals surface area contributed by atoms with Gasteiger partial charge in [-0.05, 0) is 33.4 Å². The molecule has 36 heavy (non-hydrogen) atoms. The van der Waals surface area contributed by atoms with Gasteiger partial charge in [-0.2, -0.15) is 5.10 Å². The molecule has 2 amide bonds. The number of likely N-dealkylation sites (N-methyl/N-ethyl adjacent to an activating group) is 1. The molecule has 2 aliphatic rings. The maximum atomic E-state index is 15.2. The van der Waals surface area contributed by atoms with E-state index in [0.29, 0.717) is 32.0 Å². The second-order valence-electron chi connectivity index (χ2n) is 9.60. The van der Waals surface area contributed by atoms with Crippen molar-refractivity contribution in [2.45, 2.75) is 25.3 Å². The quantitative estimate of drug-likeness (QED) is 0.568. The van der Waals surface area contributed by atoms with E-state index in [-0.39, 0.29) is 40.0 Å². The SMILES string of the molecule is CN(C)C1CCN(C(=O)C2CCN(c3c(F)cncc3-c3nn4cc(F)cnc4c3C(N)=O)CC2)C1. The zero-order valence-electron chi connectivity index (χ0n) is 20.2. The highest BCUT2D eigenvalue weighted by Gasteiger charge is 2.35. The third-order valence-electron chi connectivity index (χ3n) is 7.18. The van der Waals surface area contributed by atoms with Gasteiger partial charge >= 0.3 is 0 Å². The summed E-state index contributed by atoms with van der Waals surface area (Å²) < 4.78 is 30.0. The number of nitrogens with two attached hydrogens (primary N) is 1. The van der Waals surface area contributed by atoms with Crippen molar-refractivity contribution in [1.29, 1.82) is 0 Å². The molecule has 5 rings (SSSR count). The minimum atomic E-state index is -0.819. The summed E-state index contributed by atoms with van der Waals surface area (Å²) in [6.07, 6.45) is 6.64. The fourth-order valence-corrected chi connectivity index (χ4v) is 5.22. The van der Waals surface area contributed by atoms with E-state index in [1.54, 1.807) is 0 Å². The number of pyridine rings is 1. The molecule has 0 bridgehead atoms. The Morgan fingerprint density at radius 2 is 1.83 bits per heavy atom. The molecular weight excluding hydrogens is 470 g/mol. The lowest BCUT2D eigenvalue weighted by molar-refractivity contribution is -0.135. The van der Waals surface area contributed by atoms with E-state index in [1.165, 1.54) is 6.20 Å². The second-order valence-corrected chi connectivity index (χ2v) is 9.60. The van der Waals surface area contributed by atoms with Crippen LogP contribution >= 0.6 is 0 Å². The number of amides is 2. The van der Waals surface area contributed by atoms with Crippen molar-refractivity contribution in [2.75, 3.05) is 45.2 Å². The number of halogens is 2. The van der Waals surface area contributed by atoms with Crippen LogP contribution in [0.5, 0.6) is 0 Å². The average molecular weight is 499 g/mol. The summed E-state index contributed by atoms with van der Waals surface area (Å²) in [7, 11) is 4.05. The normalized spacial score (nSPS) is 19.0. The van der Waals surface area contributed by atoms with Crippen LogP contribution in [-0.2, 0) is 4.79 Å². The van der Waals surface area contributed by atoms with E-state index in [1.807, 2.05) is 23.9 Å². The highest BCUT2D eigenvalue weighted by atomic mass is 19.1. The largest absolute Gasteiger partial charge is 0.368 e. The molecule has 5 heterocycles. The molecule has 12 heteroatoms. The van der Waals surface area contributed by atoms with Crippen molar-refractivity contribution in [3.8, 4) is 11.3 Å². The van der Waals surface area contributed by atoms with Crippen LogP contribution < -0.4 is 10.6 Å². The lowest BCUT2D eigenvalue weighted by Crippen LogP contribution is -2.43. The molecule has 2 fully saturated rings. The van der Waals surface area contributed by atoms with Crippen LogP contribution in [0.2, 0.25) is 0 Å². The minimum Gasteiger partial charge on any atom is -0.368 e. The summed E-state index contributed by atoms with van der Waals surface area (Å²) in [5, 5.41) is 4.29. The van der Waals surface area contributed by atoms with Gasteiger partial charge in [0.05, 0.1) is 24.3 Å². The van der Waals surface area contributed by atoms with Gasteiger partial charge in [0.25, 0.3) is 5.91 Å². The molecule has 2 N–H and O–H groups in total. The maximum Gasteiger partial charge on any atom is 0.254 e. The molecule has 2 saturated heterocycles. The Kier molecular flexibility index (Phi) is 6.29. The number of carbonyl (C=O) groups excluding carboxylic acids is 2. The van der Waals surface area contributed by atoms with E-state index < -0.39 is 17.5 Å². The molecule has 1 unspecified atom stereocenters. The number of piperidine rings is 1. The second kappa shape index (κ2) is 9.41. The topological polar surface area (TPSA) is 113 Å². The highest BCUT2D eigenvalue weighted by molar-refractivity contribution is 6.05. The van der Waals surface area contributed by atoms with Gasteiger partial charge in [-0.3, -0.25) is 14.6 Å². The van der Waals surface area contributed by atoms with Crippen LogP contribution in [0.3, 0.4) is 0 Å². The first-order chi connectivity index (χ1) is 17.2. The summed E-state index contributed by atoms with van der Waals surface area (Å²) in [4.78, 5) is 39.2. The minimum absolute atomic E-state index is 0.0433. The number of likely N-dealkylation sites (tertiary alicyclic amines) is 1. The van der Waals surface area contributed by atoms with Crippen molar-refractivity contribution >= 4 is 23.1 Å². The van der Waals surface area contributed by atoms with Gasteiger partial charge < -0.3 is 20.4 Å². The van der Waals surface area contributed by atoms with Gasteiger partial charge in [0.1, 0.15) is 11.3 Å². The number of fused-ring (bicyclic) bond motifs is 1. The van der Waals surface area contributed by atoms with Gasteiger partial charge in [0.15, 0.2) is 17.3 Å². The predicted octanol–water partition coefficient (Wildman–Crippen LogP) is 1.55. The summed E-state index contributed by atoms with van der Waals surface area (Å²) in [5.41, 5.74) is 6.19. The number of hydrogen-bond acceptors (Lipinski definition) is 7. The lowest BCUT2D eigenvalue weighted by atomic mass is 9.94. The van der Waals surface area contributed by atoms with Crippen LogP contribution in [-0.4, -0.2) is 87.5 Å². The van der Waals surface area contributed by atoms with Crippen molar-refractivity contribution in [1.82, 2.24) is 29.4 Å². The van der Waals surface area contributed by atoms with Gasteiger partial charge in [-0.15, -0.1) is 0 Å². The molecule has 3 aromatic rings. The zero-order chi connectivity index (χ0) is 25.6.